The van der Waals surface area contributed by atoms with Crippen LogP contribution in [0.4, 0.5) is 6.01 Å². The summed E-state index contributed by atoms with van der Waals surface area (Å²) in [5.74, 6) is 0. The van der Waals surface area contributed by atoms with Gasteiger partial charge in [0, 0.05) is 0 Å². The summed E-state index contributed by atoms with van der Waals surface area (Å²) < 4.78 is 11.6. The molecule has 0 spiro atoms. The van der Waals surface area contributed by atoms with Crippen molar-refractivity contribution < 1.29 is 14.3 Å². The van der Waals surface area contributed by atoms with Gasteiger partial charge in [-0.3, -0.25) is 0 Å². The summed E-state index contributed by atoms with van der Waals surface area (Å²) >= 11 is 0. The van der Waals surface area contributed by atoms with Crippen LogP contribution in [0.1, 0.15) is 13.8 Å². The van der Waals surface area contributed by atoms with E-state index in [2.05, 4.69) is 4.98 Å². The first-order chi connectivity index (χ1) is 9.07. The first kappa shape index (κ1) is 12.4. The van der Waals surface area contributed by atoms with Crippen LogP contribution in [-0.4, -0.2) is 41.5 Å². The molecule has 2 heterocycles. The van der Waals surface area contributed by atoms with E-state index in [0.29, 0.717) is 19.1 Å². The zero-order chi connectivity index (χ0) is 13.5. The van der Waals surface area contributed by atoms with Gasteiger partial charge in [-0.05, 0) is 26.0 Å². The lowest BCUT2D eigenvalue weighted by molar-refractivity contribution is -0.101. The van der Waals surface area contributed by atoms with Gasteiger partial charge < -0.3 is 19.2 Å². The second-order valence-electron chi connectivity index (χ2n) is 5.53. The standard InChI is InChI=1S/C14H18N2O3/c1-14(2)9-16(7-10(8-17)19-14)13-15-11-5-3-4-6-12(11)18-13/h3-6,10,17H,7-9H2,1-2H3. The number of para-hydroxylation sites is 2. The van der Waals surface area contributed by atoms with Crippen molar-refractivity contribution in [1.29, 1.82) is 0 Å². The van der Waals surface area contributed by atoms with Crippen molar-refractivity contribution >= 4 is 17.1 Å². The molecule has 1 atom stereocenters. The van der Waals surface area contributed by atoms with E-state index in [9.17, 15) is 5.11 Å². The van der Waals surface area contributed by atoms with Gasteiger partial charge in [-0.25, -0.2) is 0 Å². The Morgan fingerprint density at radius 3 is 2.95 bits per heavy atom. The van der Waals surface area contributed by atoms with Gasteiger partial charge in [-0.15, -0.1) is 0 Å². The maximum atomic E-state index is 9.33. The van der Waals surface area contributed by atoms with Crippen molar-refractivity contribution in [1.82, 2.24) is 4.98 Å². The number of aromatic nitrogens is 1. The number of rotatable bonds is 2. The predicted molar refractivity (Wildman–Crippen MR) is 72.3 cm³/mol. The number of morpholine rings is 1. The van der Waals surface area contributed by atoms with Gasteiger partial charge >= 0.3 is 0 Å². The van der Waals surface area contributed by atoms with E-state index in [4.69, 9.17) is 9.15 Å². The number of benzene rings is 1. The zero-order valence-electron chi connectivity index (χ0n) is 11.2. The van der Waals surface area contributed by atoms with E-state index in [1.54, 1.807) is 0 Å². The smallest absolute Gasteiger partial charge is 0.298 e. The van der Waals surface area contributed by atoms with Crippen molar-refractivity contribution in [3.63, 3.8) is 0 Å². The molecule has 0 saturated carbocycles. The topological polar surface area (TPSA) is 58.7 Å². The molecule has 1 aromatic heterocycles. The SMILES string of the molecule is CC1(C)CN(c2nc3ccccc3o2)CC(CO)O1. The molecule has 0 bridgehead atoms. The van der Waals surface area contributed by atoms with Gasteiger partial charge in [0.15, 0.2) is 5.58 Å². The fraction of sp³-hybridized carbons (Fsp3) is 0.500. The molecule has 19 heavy (non-hydrogen) atoms. The summed E-state index contributed by atoms with van der Waals surface area (Å²) in [6.07, 6.45) is -0.209. The van der Waals surface area contributed by atoms with Gasteiger partial charge in [0.05, 0.1) is 31.4 Å². The molecule has 3 rings (SSSR count). The Hall–Kier alpha value is -1.59. The summed E-state index contributed by atoms with van der Waals surface area (Å²) in [4.78, 5) is 6.52. The van der Waals surface area contributed by atoms with Crippen LogP contribution in [0.2, 0.25) is 0 Å². The molecule has 1 fully saturated rings. The van der Waals surface area contributed by atoms with Crippen LogP contribution < -0.4 is 4.90 Å². The summed E-state index contributed by atoms with van der Waals surface area (Å²) in [6, 6.07) is 8.29. The number of ether oxygens (including phenoxy) is 1. The molecule has 1 saturated heterocycles. The van der Waals surface area contributed by atoms with Crippen molar-refractivity contribution in [2.24, 2.45) is 0 Å². The number of hydrogen-bond acceptors (Lipinski definition) is 5. The highest BCUT2D eigenvalue weighted by molar-refractivity contribution is 5.74. The van der Waals surface area contributed by atoms with Crippen molar-refractivity contribution in [2.45, 2.75) is 25.6 Å². The van der Waals surface area contributed by atoms with E-state index < -0.39 is 0 Å². The van der Waals surface area contributed by atoms with Gasteiger partial charge in [0.25, 0.3) is 6.01 Å². The lowest BCUT2D eigenvalue weighted by Gasteiger charge is -2.41. The van der Waals surface area contributed by atoms with Gasteiger partial charge in [-0.2, -0.15) is 4.98 Å². The minimum Gasteiger partial charge on any atom is -0.423 e. The molecular weight excluding hydrogens is 244 g/mol. The first-order valence-corrected chi connectivity index (χ1v) is 6.46. The molecule has 2 aromatic rings. The monoisotopic (exact) mass is 262 g/mol. The normalized spacial score (nSPS) is 22.9. The second-order valence-corrected chi connectivity index (χ2v) is 5.53. The molecule has 1 aliphatic rings. The largest absolute Gasteiger partial charge is 0.423 e. The molecule has 0 amide bonds. The van der Waals surface area contributed by atoms with Crippen molar-refractivity contribution in [2.75, 3.05) is 24.6 Å². The summed E-state index contributed by atoms with van der Waals surface area (Å²) in [5.41, 5.74) is 1.30. The third-order valence-corrected chi connectivity index (χ3v) is 3.24. The fourth-order valence-corrected chi connectivity index (χ4v) is 2.53. The van der Waals surface area contributed by atoms with Gasteiger partial charge in [0.2, 0.25) is 0 Å². The minimum absolute atomic E-state index is 0.000157. The molecule has 102 valence electrons. The average Bonchev–Trinajstić information content (AvgIpc) is 2.80. The lowest BCUT2D eigenvalue weighted by Crippen LogP contribution is -2.54. The van der Waals surface area contributed by atoms with Crippen LogP contribution in [0.3, 0.4) is 0 Å². The summed E-state index contributed by atoms with van der Waals surface area (Å²) in [6.45, 7) is 5.29. The maximum Gasteiger partial charge on any atom is 0.298 e. The quantitative estimate of drug-likeness (QED) is 0.894. The molecule has 0 aliphatic carbocycles. The van der Waals surface area contributed by atoms with E-state index in [-0.39, 0.29) is 18.3 Å². The highest BCUT2D eigenvalue weighted by Crippen LogP contribution is 2.28. The Balaban J connectivity index is 1.91. The number of anilines is 1. The minimum atomic E-state index is -0.327. The number of fused-ring (bicyclic) bond motifs is 1. The lowest BCUT2D eigenvalue weighted by atomic mass is 10.1. The van der Waals surface area contributed by atoms with E-state index in [1.165, 1.54) is 0 Å². The molecule has 1 aromatic carbocycles. The Morgan fingerprint density at radius 2 is 2.21 bits per heavy atom. The molecule has 0 radical (unpaired) electrons. The van der Waals surface area contributed by atoms with Crippen LogP contribution in [0, 0.1) is 0 Å². The van der Waals surface area contributed by atoms with Crippen LogP contribution in [-0.2, 0) is 4.74 Å². The Labute approximate surface area is 111 Å². The summed E-state index contributed by atoms with van der Waals surface area (Å²) in [7, 11) is 0. The number of aliphatic hydroxyl groups is 1. The highest BCUT2D eigenvalue weighted by Gasteiger charge is 2.35. The number of oxazole rings is 1. The average molecular weight is 262 g/mol. The Kier molecular flexibility index (Phi) is 2.95. The molecule has 1 N–H and O–H groups in total. The fourth-order valence-electron chi connectivity index (χ4n) is 2.53. The predicted octanol–water partition coefficient (Wildman–Crippen LogP) is 1.80. The summed E-state index contributed by atoms with van der Waals surface area (Å²) in [5, 5.41) is 9.33. The van der Waals surface area contributed by atoms with E-state index in [0.717, 1.165) is 11.1 Å². The van der Waals surface area contributed by atoms with Crippen LogP contribution in [0.5, 0.6) is 0 Å². The molecule has 5 heteroatoms. The van der Waals surface area contributed by atoms with Crippen LogP contribution in [0.15, 0.2) is 28.7 Å². The Bertz CT molecular complexity index is 546. The molecule has 5 nitrogen and oxygen atoms in total. The second kappa shape index (κ2) is 4.51. The van der Waals surface area contributed by atoms with Crippen molar-refractivity contribution in [3.8, 4) is 0 Å². The van der Waals surface area contributed by atoms with Crippen LogP contribution >= 0.6 is 0 Å². The van der Waals surface area contributed by atoms with Gasteiger partial charge in [-0.1, -0.05) is 12.1 Å². The first-order valence-electron chi connectivity index (χ1n) is 6.46. The number of aliphatic hydroxyl groups excluding tert-OH is 1. The Morgan fingerprint density at radius 1 is 1.42 bits per heavy atom. The number of nitrogens with zero attached hydrogens (tertiary/aromatic N) is 2. The molecule has 1 aliphatic heterocycles. The third kappa shape index (κ3) is 2.43. The maximum absolute atomic E-state index is 9.33. The number of hydrogen-bond donors (Lipinski definition) is 1. The molecular formula is C14H18N2O3. The third-order valence-electron chi connectivity index (χ3n) is 3.24. The van der Waals surface area contributed by atoms with E-state index >= 15 is 0 Å². The molecule has 1 unspecified atom stereocenters. The van der Waals surface area contributed by atoms with Crippen molar-refractivity contribution in [3.05, 3.63) is 24.3 Å². The van der Waals surface area contributed by atoms with Gasteiger partial charge in [0.1, 0.15) is 5.52 Å². The highest BCUT2D eigenvalue weighted by atomic mass is 16.5. The van der Waals surface area contributed by atoms with Crippen LogP contribution in [0.25, 0.3) is 11.1 Å². The zero-order valence-corrected chi connectivity index (χ0v) is 11.2. The van der Waals surface area contributed by atoms with E-state index in [1.807, 2.05) is 43.0 Å².